The summed E-state index contributed by atoms with van der Waals surface area (Å²) in [5.41, 5.74) is 3.07. The average Bonchev–Trinajstić information content (AvgIpc) is 3.21. The van der Waals surface area contributed by atoms with E-state index in [-0.39, 0.29) is 12.4 Å². The summed E-state index contributed by atoms with van der Waals surface area (Å²) in [6, 6.07) is 7.46. The SMILES string of the molecule is COc1cccc2c1CC[C@H]1[C@@H]2CCN1CCC1CCCC1.Cl. The van der Waals surface area contributed by atoms with Gasteiger partial charge in [0, 0.05) is 12.0 Å². The highest BCUT2D eigenvalue weighted by atomic mass is 35.5. The van der Waals surface area contributed by atoms with Crippen molar-refractivity contribution in [1.29, 1.82) is 0 Å². The van der Waals surface area contributed by atoms with Crippen molar-refractivity contribution in [3.8, 4) is 5.75 Å². The van der Waals surface area contributed by atoms with Gasteiger partial charge in [-0.25, -0.2) is 0 Å². The van der Waals surface area contributed by atoms with Crippen LogP contribution in [-0.2, 0) is 6.42 Å². The maximum Gasteiger partial charge on any atom is 0.122 e. The van der Waals surface area contributed by atoms with Crippen LogP contribution in [0, 0.1) is 5.92 Å². The Balaban J connectivity index is 0.00000156. The molecule has 1 saturated carbocycles. The topological polar surface area (TPSA) is 12.5 Å². The zero-order valence-electron chi connectivity index (χ0n) is 14.3. The van der Waals surface area contributed by atoms with Crippen LogP contribution in [0.5, 0.6) is 5.75 Å². The standard InChI is InChI=1S/C20H29NO.ClH/c1-22-20-8-4-7-16-17-12-14-21(19(17)10-9-18(16)20)13-11-15-5-2-3-6-15;/h4,7-8,15,17,19H,2-3,5-6,9-14H2,1H3;1H/t17-,19+;/m1./s1. The van der Waals surface area contributed by atoms with Crippen molar-refractivity contribution in [3.63, 3.8) is 0 Å². The van der Waals surface area contributed by atoms with Crippen LogP contribution in [0.15, 0.2) is 18.2 Å². The minimum Gasteiger partial charge on any atom is -0.496 e. The molecule has 0 spiro atoms. The average molecular weight is 336 g/mol. The molecule has 3 heteroatoms. The summed E-state index contributed by atoms with van der Waals surface area (Å²) in [7, 11) is 1.81. The van der Waals surface area contributed by atoms with Gasteiger partial charge in [-0.3, -0.25) is 4.90 Å². The predicted molar refractivity (Wildman–Crippen MR) is 97.9 cm³/mol. The molecule has 1 aliphatic heterocycles. The van der Waals surface area contributed by atoms with Crippen molar-refractivity contribution in [2.75, 3.05) is 20.2 Å². The highest BCUT2D eigenvalue weighted by Gasteiger charge is 2.39. The molecule has 1 heterocycles. The van der Waals surface area contributed by atoms with Crippen LogP contribution >= 0.6 is 12.4 Å². The highest BCUT2D eigenvalue weighted by molar-refractivity contribution is 5.85. The lowest BCUT2D eigenvalue weighted by Gasteiger charge is -2.34. The molecule has 0 bridgehead atoms. The number of hydrogen-bond donors (Lipinski definition) is 0. The fraction of sp³-hybridized carbons (Fsp3) is 0.700. The Labute approximate surface area is 147 Å². The Morgan fingerprint density at radius 2 is 1.96 bits per heavy atom. The third-order valence-electron chi connectivity index (χ3n) is 6.44. The molecule has 0 amide bonds. The molecule has 0 unspecified atom stereocenters. The normalized spacial score (nSPS) is 27.3. The second-order valence-corrected chi connectivity index (χ2v) is 7.50. The first-order chi connectivity index (χ1) is 10.9. The summed E-state index contributed by atoms with van der Waals surface area (Å²) >= 11 is 0. The maximum absolute atomic E-state index is 5.59. The van der Waals surface area contributed by atoms with E-state index in [2.05, 4.69) is 23.1 Å². The van der Waals surface area contributed by atoms with Crippen molar-refractivity contribution in [3.05, 3.63) is 29.3 Å². The molecule has 4 rings (SSSR count). The number of nitrogens with zero attached hydrogens (tertiary/aromatic N) is 1. The number of rotatable bonds is 4. The van der Waals surface area contributed by atoms with E-state index in [4.69, 9.17) is 4.74 Å². The second-order valence-electron chi connectivity index (χ2n) is 7.50. The Bertz CT molecular complexity index is 526. The Kier molecular flexibility index (Phi) is 5.53. The van der Waals surface area contributed by atoms with Gasteiger partial charge in [0.25, 0.3) is 0 Å². The van der Waals surface area contributed by atoms with Gasteiger partial charge < -0.3 is 4.74 Å². The summed E-state index contributed by atoms with van der Waals surface area (Å²) in [6.45, 7) is 2.64. The molecule has 0 N–H and O–H groups in total. The van der Waals surface area contributed by atoms with Crippen molar-refractivity contribution >= 4 is 12.4 Å². The number of methoxy groups -OCH3 is 1. The van der Waals surface area contributed by atoms with Gasteiger partial charge in [-0.2, -0.15) is 0 Å². The monoisotopic (exact) mass is 335 g/mol. The number of benzene rings is 1. The number of ether oxygens (including phenoxy) is 1. The summed E-state index contributed by atoms with van der Waals surface area (Å²) in [6.07, 6.45) is 11.2. The van der Waals surface area contributed by atoms with Gasteiger partial charge >= 0.3 is 0 Å². The Morgan fingerprint density at radius 3 is 2.74 bits per heavy atom. The molecule has 23 heavy (non-hydrogen) atoms. The van der Waals surface area contributed by atoms with Gasteiger partial charge in [0.05, 0.1) is 7.11 Å². The Morgan fingerprint density at radius 1 is 1.13 bits per heavy atom. The molecule has 1 aromatic rings. The quantitative estimate of drug-likeness (QED) is 0.783. The number of halogens is 1. The summed E-state index contributed by atoms with van der Waals surface area (Å²) < 4.78 is 5.59. The van der Waals surface area contributed by atoms with Crippen LogP contribution in [0.25, 0.3) is 0 Å². The minimum atomic E-state index is 0. The molecular formula is C20H30ClNO. The predicted octanol–water partition coefficient (Wildman–Crippen LogP) is 4.80. The first kappa shape index (κ1) is 17.1. The van der Waals surface area contributed by atoms with Gasteiger partial charge in [-0.1, -0.05) is 37.8 Å². The van der Waals surface area contributed by atoms with Crippen molar-refractivity contribution in [2.45, 2.75) is 63.3 Å². The zero-order valence-corrected chi connectivity index (χ0v) is 15.1. The number of hydrogen-bond acceptors (Lipinski definition) is 2. The van der Waals surface area contributed by atoms with E-state index in [0.717, 1.165) is 23.6 Å². The van der Waals surface area contributed by atoms with Gasteiger partial charge in [0.1, 0.15) is 5.75 Å². The van der Waals surface area contributed by atoms with E-state index in [9.17, 15) is 0 Å². The maximum atomic E-state index is 5.59. The molecule has 1 aromatic carbocycles. The fourth-order valence-electron chi connectivity index (χ4n) is 5.27. The molecule has 2 atom stereocenters. The Hall–Kier alpha value is -0.730. The van der Waals surface area contributed by atoms with Gasteiger partial charge in [0.2, 0.25) is 0 Å². The summed E-state index contributed by atoms with van der Waals surface area (Å²) in [5, 5.41) is 0. The molecule has 128 valence electrons. The van der Waals surface area contributed by atoms with E-state index in [1.807, 2.05) is 7.11 Å². The van der Waals surface area contributed by atoms with Crippen LogP contribution in [0.3, 0.4) is 0 Å². The third-order valence-corrected chi connectivity index (χ3v) is 6.44. The first-order valence-electron chi connectivity index (χ1n) is 9.26. The van der Waals surface area contributed by atoms with E-state index in [1.54, 1.807) is 5.56 Å². The minimum absolute atomic E-state index is 0. The van der Waals surface area contributed by atoms with E-state index in [0.29, 0.717) is 0 Å². The van der Waals surface area contributed by atoms with Crippen LogP contribution < -0.4 is 4.74 Å². The molecular weight excluding hydrogens is 306 g/mol. The molecule has 3 aliphatic rings. The van der Waals surface area contributed by atoms with Crippen molar-refractivity contribution in [2.24, 2.45) is 5.92 Å². The fourth-order valence-corrected chi connectivity index (χ4v) is 5.27. The van der Waals surface area contributed by atoms with Crippen molar-refractivity contribution in [1.82, 2.24) is 4.90 Å². The van der Waals surface area contributed by atoms with E-state index in [1.165, 1.54) is 70.0 Å². The van der Waals surface area contributed by atoms with Gasteiger partial charge in [0.15, 0.2) is 0 Å². The second kappa shape index (κ2) is 7.44. The van der Waals surface area contributed by atoms with Crippen LogP contribution in [0.2, 0.25) is 0 Å². The third kappa shape index (κ3) is 3.25. The first-order valence-corrected chi connectivity index (χ1v) is 9.26. The van der Waals surface area contributed by atoms with Gasteiger partial charge in [-0.15, -0.1) is 12.4 Å². The lowest BCUT2D eigenvalue weighted by molar-refractivity contribution is 0.210. The van der Waals surface area contributed by atoms with Crippen LogP contribution in [-0.4, -0.2) is 31.1 Å². The van der Waals surface area contributed by atoms with Gasteiger partial charge in [-0.05, 0) is 61.9 Å². The molecule has 2 fully saturated rings. The highest BCUT2D eigenvalue weighted by Crippen LogP contribution is 2.44. The molecule has 2 aliphatic carbocycles. The lowest BCUT2D eigenvalue weighted by Crippen LogP contribution is -2.36. The number of likely N-dealkylation sites (tertiary alicyclic amines) is 1. The van der Waals surface area contributed by atoms with Crippen molar-refractivity contribution < 1.29 is 4.74 Å². The molecule has 0 radical (unpaired) electrons. The van der Waals surface area contributed by atoms with E-state index < -0.39 is 0 Å². The lowest BCUT2D eigenvalue weighted by atomic mass is 9.79. The van der Waals surface area contributed by atoms with Crippen LogP contribution in [0.4, 0.5) is 0 Å². The zero-order chi connectivity index (χ0) is 14.9. The summed E-state index contributed by atoms with van der Waals surface area (Å²) in [4.78, 5) is 2.81. The largest absolute Gasteiger partial charge is 0.496 e. The number of fused-ring (bicyclic) bond motifs is 3. The van der Waals surface area contributed by atoms with Crippen LogP contribution in [0.1, 0.15) is 62.0 Å². The van der Waals surface area contributed by atoms with E-state index >= 15 is 0 Å². The smallest absolute Gasteiger partial charge is 0.122 e. The molecule has 2 nitrogen and oxygen atoms in total. The molecule has 1 saturated heterocycles. The summed E-state index contributed by atoms with van der Waals surface area (Å²) in [5.74, 6) is 2.89. The molecule has 0 aromatic heterocycles.